The molecule has 3 aromatic rings. The Balaban J connectivity index is 1.70. The first-order chi connectivity index (χ1) is 17.0. The van der Waals surface area contributed by atoms with Crippen LogP contribution in [-0.2, 0) is 10.0 Å². The van der Waals surface area contributed by atoms with Crippen LogP contribution in [0.3, 0.4) is 0 Å². The number of benzene rings is 1. The first-order valence-electron chi connectivity index (χ1n) is 11.7. The summed E-state index contributed by atoms with van der Waals surface area (Å²) >= 11 is 1.44. The third-order valence-corrected chi connectivity index (χ3v) is 8.96. The van der Waals surface area contributed by atoms with Crippen LogP contribution in [-0.4, -0.2) is 78.8 Å². The Bertz CT molecular complexity index is 1340. The summed E-state index contributed by atoms with van der Waals surface area (Å²) in [6, 6.07) is 3.73. The minimum atomic E-state index is -3.63. The molecule has 2 amide bonds. The molecule has 0 atom stereocenters. The lowest BCUT2D eigenvalue weighted by Gasteiger charge is -2.34. The number of urea groups is 1. The fourth-order valence-electron chi connectivity index (χ4n) is 3.62. The van der Waals surface area contributed by atoms with Crippen LogP contribution in [0.5, 0.6) is 0 Å². The monoisotopic (exact) mass is 532 g/mol. The second-order valence-electron chi connectivity index (χ2n) is 9.65. The van der Waals surface area contributed by atoms with E-state index in [0.717, 1.165) is 53.2 Å². The Morgan fingerprint density at radius 3 is 2.36 bits per heavy atom. The number of likely N-dealkylation sites (N-methyl/N-ethyl adjacent to an activating group) is 1. The summed E-state index contributed by atoms with van der Waals surface area (Å²) in [6.45, 7) is 10.9. The maximum Gasteiger partial charge on any atom is 0.321 e. The highest BCUT2D eigenvalue weighted by molar-refractivity contribution is 7.94. The van der Waals surface area contributed by atoms with Crippen molar-refractivity contribution < 1.29 is 13.2 Å². The van der Waals surface area contributed by atoms with Crippen LogP contribution in [0.15, 0.2) is 24.5 Å². The molecule has 11 nitrogen and oxygen atoms in total. The zero-order valence-electron chi connectivity index (χ0n) is 21.1. The average molecular weight is 533 g/mol. The van der Waals surface area contributed by atoms with Crippen molar-refractivity contribution in [3.05, 3.63) is 24.5 Å². The standard InChI is InChI=1S/C23H32N8O3S2/c1-6-24-21(32)28-22-27-17-11-15(12-18(19(17)35-22)31-9-7-30(5)8-10-31)16-13-25-20(26-14-16)29-36(33,34)23(2,3)4/h11-14H,6-10H2,1-5H3,(H,25,26,29)(H2,24,27,28,32). The van der Waals surface area contributed by atoms with Gasteiger partial charge in [-0.25, -0.2) is 28.2 Å². The molecule has 194 valence electrons. The summed E-state index contributed by atoms with van der Waals surface area (Å²) in [5.74, 6) is 0.0242. The van der Waals surface area contributed by atoms with Crippen LogP contribution >= 0.6 is 11.3 Å². The van der Waals surface area contributed by atoms with E-state index in [1.165, 1.54) is 11.3 Å². The lowest BCUT2D eigenvalue weighted by atomic mass is 10.1. The second-order valence-corrected chi connectivity index (χ2v) is 13.1. The molecule has 1 fully saturated rings. The van der Waals surface area contributed by atoms with Gasteiger partial charge >= 0.3 is 6.03 Å². The number of hydrogen-bond acceptors (Lipinski definition) is 9. The van der Waals surface area contributed by atoms with E-state index in [0.29, 0.717) is 11.7 Å². The lowest BCUT2D eigenvalue weighted by molar-refractivity contribution is 0.252. The van der Waals surface area contributed by atoms with Crippen LogP contribution in [0.25, 0.3) is 21.3 Å². The van der Waals surface area contributed by atoms with Gasteiger partial charge in [-0.05, 0) is 52.4 Å². The SMILES string of the molecule is CCNC(=O)Nc1nc2cc(-c3cnc(NS(=O)(=O)C(C)(C)C)nc3)cc(N3CCN(C)CC3)c2s1. The summed E-state index contributed by atoms with van der Waals surface area (Å²) in [6.07, 6.45) is 3.20. The lowest BCUT2D eigenvalue weighted by Crippen LogP contribution is -2.44. The Kier molecular flexibility index (Phi) is 7.34. The van der Waals surface area contributed by atoms with Gasteiger partial charge in [-0.15, -0.1) is 0 Å². The molecule has 0 radical (unpaired) electrons. The molecular formula is C23H32N8O3S2. The number of thiazole rings is 1. The third kappa shape index (κ3) is 5.68. The molecule has 0 bridgehead atoms. The number of aromatic nitrogens is 3. The van der Waals surface area contributed by atoms with Crippen molar-refractivity contribution in [2.24, 2.45) is 0 Å². The van der Waals surface area contributed by atoms with E-state index in [1.807, 2.05) is 13.0 Å². The number of nitrogens with zero attached hydrogens (tertiary/aromatic N) is 5. The summed E-state index contributed by atoms with van der Waals surface area (Å²) in [7, 11) is -1.52. The predicted molar refractivity (Wildman–Crippen MR) is 145 cm³/mol. The fraction of sp³-hybridized carbons (Fsp3) is 0.478. The van der Waals surface area contributed by atoms with E-state index in [2.05, 4.69) is 53.2 Å². The molecule has 1 aliphatic rings. The van der Waals surface area contributed by atoms with E-state index in [4.69, 9.17) is 0 Å². The summed E-state index contributed by atoms with van der Waals surface area (Å²) in [4.78, 5) is 29.8. The van der Waals surface area contributed by atoms with Crippen LogP contribution in [0.2, 0.25) is 0 Å². The van der Waals surface area contributed by atoms with Crippen LogP contribution < -0.4 is 20.3 Å². The van der Waals surface area contributed by atoms with Gasteiger partial charge in [0.05, 0.1) is 20.7 Å². The predicted octanol–water partition coefficient (Wildman–Crippen LogP) is 3.19. The molecule has 1 aliphatic heterocycles. The van der Waals surface area contributed by atoms with Crippen LogP contribution in [0.1, 0.15) is 27.7 Å². The molecule has 0 aliphatic carbocycles. The highest BCUT2D eigenvalue weighted by Crippen LogP contribution is 2.38. The van der Waals surface area contributed by atoms with Gasteiger partial charge in [-0.1, -0.05) is 11.3 Å². The van der Waals surface area contributed by atoms with Crippen molar-refractivity contribution in [3.8, 4) is 11.1 Å². The number of amides is 2. The molecule has 2 aromatic heterocycles. The van der Waals surface area contributed by atoms with Crippen LogP contribution in [0, 0.1) is 0 Å². The maximum absolute atomic E-state index is 12.4. The summed E-state index contributed by atoms with van der Waals surface area (Å²) in [5, 5.41) is 6.06. The largest absolute Gasteiger partial charge is 0.368 e. The number of piperazine rings is 1. The van der Waals surface area contributed by atoms with Crippen molar-refractivity contribution in [1.82, 2.24) is 25.2 Å². The number of hydrogen-bond donors (Lipinski definition) is 3. The molecule has 3 N–H and O–H groups in total. The van der Waals surface area contributed by atoms with Gasteiger partial charge in [0.1, 0.15) is 0 Å². The molecule has 1 aromatic carbocycles. The highest BCUT2D eigenvalue weighted by atomic mass is 32.2. The minimum absolute atomic E-state index is 0.0242. The van der Waals surface area contributed by atoms with Gasteiger partial charge < -0.3 is 15.1 Å². The smallest absolute Gasteiger partial charge is 0.321 e. The second kappa shape index (κ2) is 10.1. The van der Waals surface area contributed by atoms with Gasteiger partial charge in [-0.2, -0.15) is 0 Å². The van der Waals surface area contributed by atoms with Gasteiger partial charge in [0.25, 0.3) is 0 Å². The van der Waals surface area contributed by atoms with E-state index in [-0.39, 0.29) is 12.0 Å². The van der Waals surface area contributed by atoms with Gasteiger partial charge in [0, 0.05) is 50.7 Å². The van der Waals surface area contributed by atoms with Gasteiger partial charge in [-0.3, -0.25) is 10.0 Å². The Hall–Kier alpha value is -3.03. The van der Waals surface area contributed by atoms with Gasteiger partial charge in [0.15, 0.2) is 5.13 Å². The molecule has 3 heterocycles. The average Bonchev–Trinajstić information content (AvgIpc) is 3.21. The van der Waals surface area contributed by atoms with Crippen molar-refractivity contribution in [3.63, 3.8) is 0 Å². The number of rotatable bonds is 6. The molecule has 4 rings (SSSR count). The molecule has 13 heteroatoms. The fourth-order valence-corrected chi connectivity index (χ4v) is 5.26. The van der Waals surface area contributed by atoms with Crippen molar-refractivity contribution in [2.45, 2.75) is 32.4 Å². The summed E-state index contributed by atoms with van der Waals surface area (Å²) < 4.78 is 27.3. The molecule has 0 unspecified atom stereocenters. The Morgan fingerprint density at radius 2 is 1.75 bits per heavy atom. The highest BCUT2D eigenvalue weighted by Gasteiger charge is 2.29. The van der Waals surface area contributed by atoms with Crippen LogP contribution in [0.4, 0.5) is 21.6 Å². The van der Waals surface area contributed by atoms with Gasteiger partial charge in [0.2, 0.25) is 16.0 Å². The topological polar surface area (TPSA) is 132 Å². The van der Waals surface area contributed by atoms with E-state index in [1.54, 1.807) is 33.2 Å². The Morgan fingerprint density at radius 1 is 1.08 bits per heavy atom. The molecule has 1 saturated heterocycles. The maximum atomic E-state index is 12.4. The normalized spacial score (nSPS) is 15.2. The minimum Gasteiger partial charge on any atom is -0.368 e. The van der Waals surface area contributed by atoms with E-state index < -0.39 is 14.8 Å². The number of sulfonamides is 1. The first kappa shape index (κ1) is 26.0. The van der Waals surface area contributed by atoms with Crippen molar-refractivity contribution >= 4 is 54.4 Å². The molecule has 0 spiro atoms. The molecule has 36 heavy (non-hydrogen) atoms. The first-order valence-corrected chi connectivity index (χ1v) is 14.0. The van der Waals surface area contributed by atoms with Crippen molar-refractivity contribution in [1.29, 1.82) is 0 Å². The number of fused-ring (bicyclic) bond motifs is 1. The summed E-state index contributed by atoms with van der Waals surface area (Å²) in [5.41, 5.74) is 3.39. The van der Waals surface area contributed by atoms with E-state index in [9.17, 15) is 13.2 Å². The zero-order valence-corrected chi connectivity index (χ0v) is 22.8. The molecule has 0 saturated carbocycles. The van der Waals surface area contributed by atoms with Crippen molar-refractivity contribution in [2.75, 3.05) is 54.7 Å². The molecular weight excluding hydrogens is 500 g/mol. The van der Waals surface area contributed by atoms with E-state index >= 15 is 0 Å². The quantitative estimate of drug-likeness (QED) is 0.441. The third-order valence-electron chi connectivity index (χ3n) is 5.89. The number of anilines is 3. The zero-order chi connectivity index (χ0) is 26.1. The number of nitrogens with one attached hydrogen (secondary N) is 3. The number of carbonyl (C=O) groups excluding carboxylic acids is 1. The Labute approximate surface area is 215 Å². The number of carbonyl (C=O) groups is 1.